The molecule has 10 rings (SSSR count). The fourth-order valence-corrected chi connectivity index (χ4v) is 18.6. The van der Waals surface area contributed by atoms with Gasteiger partial charge in [-0.15, -0.1) is 11.8 Å². The van der Waals surface area contributed by atoms with E-state index in [0.29, 0.717) is 81.1 Å². The molecule has 17 amide bonds. The highest BCUT2D eigenvalue weighted by molar-refractivity contribution is 8.00. The summed E-state index contributed by atoms with van der Waals surface area (Å²) < 4.78 is 0. The van der Waals surface area contributed by atoms with Crippen molar-refractivity contribution in [2.24, 2.45) is 23.1 Å². The quantitative estimate of drug-likeness (QED) is 0.0180. The molecule has 23 N–H and O–H groups in total. The van der Waals surface area contributed by atoms with E-state index < -0.39 is 222 Å². The Balaban J connectivity index is 1.04. The number of aromatic amines is 3. The van der Waals surface area contributed by atoms with Crippen LogP contribution in [0.25, 0.3) is 33.1 Å². The maximum Gasteiger partial charge on any atom is 0.246 e. The Bertz CT molecular complexity index is 5600. The van der Waals surface area contributed by atoms with Crippen molar-refractivity contribution in [1.29, 1.82) is 5.41 Å². The number of H-pyrrole nitrogens is 3. The molecule has 0 bridgehead atoms. The molecule has 0 saturated carbocycles. The van der Waals surface area contributed by atoms with Crippen molar-refractivity contribution in [3.63, 3.8) is 0 Å². The number of aromatic nitrogens is 4. The van der Waals surface area contributed by atoms with Crippen molar-refractivity contribution in [2.45, 2.75) is 235 Å². The van der Waals surface area contributed by atoms with Gasteiger partial charge in [0.15, 0.2) is 5.96 Å². The van der Waals surface area contributed by atoms with Crippen LogP contribution in [0.3, 0.4) is 0 Å². The van der Waals surface area contributed by atoms with Crippen molar-refractivity contribution < 1.29 is 91.7 Å². The first-order chi connectivity index (χ1) is 67.4. The van der Waals surface area contributed by atoms with Crippen molar-refractivity contribution >= 4 is 140 Å². The lowest BCUT2D eigenvalue weighted by molar-refractivity contribution is -0.149. The zero-order valence-electron chi connectivity index (χ0n) is 80.5. The van der Waals surface area contributed by atoms with Gasteiger partial charge in [0, 0.05) is 118 Å². The van der Waals surface area contributed by atoms with Crippen LogP contribution in [0.2, 0.25) is 0 Å². The zero-order chi connectivity index (χ0) is 102. The number of thioether (sulfide) groups is 1. The van der Waals surface area contributed by atoms with Gasteiger partial charge in [-0.1, -0.05) is 132 Å². The van der Waals surface area contributed by atoms with E-state index in [1.54, 1.807) is 56.4 Å². The molecule has 141 heavy (non-hydrogen) atoms. The number of nitrogens with zero attached hydrogens (tertiary/aromatic N) is 6. The fraction of sp³-hybridized carbons (Fsp3) is 0.495. The number of hydrogen-bond donors (Lipinski definition) is 20. The standard InChI is InChI=1S/C97H132N24O19S/c1-9-11-30-75-89(133)109-66(29-20-38-103-97(100)101)85(129)116-74(84(128)105-49-80(99)125)51-141-52-81(126)107-70(42-56-34-36-60(123)37-35-56)92(136)117(6)55(5)83(127)112-72(46-79(98)124)95(139)121-40-22-33-77(121)91(135)111-68(44-59-48-102-53-106-59)87(131)113-69(41-54(3)4)94(138)120-39-21-32-76(120)90(134)110-67(43-58-47-104-64-27-18-16-25-61(58)64)86(130)115-73(50-122)88(132)114-71(93(137)119(8)78(31-12-10-2)96(140)118(75)7)45-63-62-26-17-19-28-65(62)108-82(63)57-23-14-13-15-24-57/h13-19,23-28,34-37,47-48,53-55,66-78,104,108,122-123H,9-12,20-22,29-33,38-46,49-52H2,1-8H3,(H2,98,124)(H2,99,125)(H,102,106)(H,105,128)(H,107,126)(H,109,133)(H,110,134)(H,111,135)(H,112,127)(H,113,131)(H,114,132)(H,115,130)(H,116,129)(H4,100,101,103). The number of phenols is 1. The molecule has 760 valence electrons. The Morgan fingerprint density at radius 3 is 1.69 bits per heavy atom. The lowest BCUT2D eigenvalue weighted by Crippen LogP contribution is -2.62. The molecule has 7 aromatic rings. The molecule has 3 aromatic heterocycles. The summed E-state index contributed by atoms with van der Waals surface area (Å²) in [6.07, 6.45) is 4.37. The number of para-hydroxylation sites is 2. The molecule has 44 heteroatoms. The minimum Gasteiger partial charge on any atom is -0.508 e. The number of benzene rings is 4. The second-order valence-corrected chi connectivity index (χ2v) is 37.3. The van der Waals surface area contributed by atoms with Gasteiger partial charge in [-0.2, -0.15) is 0 Å². The molecule has 14 unspecified atom stereocenters. The Morgan fingerprint density at radius 1 is 0.532 bits per heavy atom. The number of carbonyl (C=O) groups excluding carboxylic acids is 17. The number of imidazole rings is 1. The van der Waals surface area contributed by atoms with Crippen LogP contribution < -0.4 is 75.7 Å². The normalized spacial score (nSPS) is 23.7. The number of likely N-dealkylation sites (N-methyl/N-ethyl adjacent to an activating group) is 3. The minimum atomic E-state index is -1.88. The van der Waals surface area contributed by atoms with Crippen LogP contribution in [0.5, 0.6) is 5.75 Å². The molecule has 0 spiro atoms. The Kier molecular flexibility index (Phi) is 40.0. The molecule has 0 aliphatic carbocycles. The fourth-order valence-electron chi connectivity index (χ4n) is 17.7. The maximum atomic E-state index is 16.2. The van der Waals surface area contributed by atoms with Gasteiger partial charge in [0.2, 0.25) is 100 Å². The van der Waals surface area contributed by atoms with Crippen molar-refractivity contribution in [3.8, 4) is 17.0 Å². The number of aliphatic hydroxyl groups is 1. The predicted octanol–water partition coefficient (Wildman–Crippen LogP) is -0.233. The lowest BCUT2D eigenvalue weighted by atomic mass is 9.96. The second-order valence-electron chi connectivity index (χ2n) is 36.3. The smallest absolute Gasteiger partial charge is 0.246 e. The Morgan fingerprint density at radius 2 is 1.08 bits per heavy atom. The largest absolute Gasteiger partial charge is 0.508 e. The number of nitrogens with one attached hydrogen (secondary N) is 15. The molecule has 3 aliphatic heterocycles. The number of guanidine groups is 1. The van der Waals surface area contributed by atoms with Gasteiger partial charge < -0.3 is 125 Å². The van der Waals surface area contributed by atoms with E-state index >= 15 is 43.2 Å². The maximum absolute atomic E-state index is 16.2. The average molecular weight is 1970 g/mol. The van der Waals surface area contributed by atoms with Gasteiger partial charge >= 0.3 is 0 Å². The number of hydrogen-bond acceptors (Lipinski definition) is 22. The highest BCUT2D eigenvalue weighted by Gasteiger charge is 2.46. The van der Waals surface area contributed by atoms with E-state index in [0.717, 1.165) is 26.5 Å². The second kappa shape index (κ2) is 52.0. The van der Waals surface area contributed by atoms with E-state index in [1.807, 2.05) is 56.3 Å². The third-order valence-electron chi connectivity index (χ3n) is 25.5. The Labute approximate surface area is 820 Å². The number of aromatic hydroxyl groups is 1. The molecule has 14 atom stereocenters. The lowest BCUT2D eigenvalue weighted by Gasteiger charge is -2.36. The van der Waals surface area contributed by atoms with Crippen LogP contribution in [0.15, 0.2) is 122 Å². The van der Waals surface area contributed by atoms with Crippen molar-refractivity contribution in [1.82, 2.24) is 103 Å². The van der Waals surface area contributed by atoms with Crippen LogP contribution in [0, 0.1) is 11.3 Å². The van der Waals surface area contributed by atoms with Gasteiger partial charge in [-0.25, -0.2) is 4.98 Å². The number of aliphatic hydroxyl groups excluding tert-OH is 1. The summed E-state index contributed by atoms with van der Waals surface area (Å²) >= 11 is 0.766. The first kappa shape index (κ1) is 109. The van der Waals surface area contributed by atoms with Crippen LogP contribution in [-0.4, -0.2) is 311 Å². The Hall–Kier alpha value is -14.5. The van der Waals surface area contributed by atoms with Crippen molar-refractivity contribution in [2.75, 3.05) is 65.4 Å². The number of primary amides is 2. The number of phenolic OH excluding ortho intramolecular Hbond substituents is 1. The first-order valence-electron chi connectivity index (χ1n) is 47.6. The number of nitrogens with two attached hydrogens (primary N) is 3. The van der Waals surface area contributed by atoms with Crippen LogP contribution >= 0.6 is 11.8 Å². The number of fused-ring (bicyclic) bond motifs is 4. The molecule has 4 aromatic carbocycles. The molecular weight excluding hydrogens is 1840 g/mol. The highest BCUT2D eigenvalue weighted by Crippen LogP contribution is 2.34. The molecule has 6 heterocycles. The molecule has 3 aliphatic rings. The van der Waals surface area contributed by atoms with Gasteiger partial charge in [0.1, 0.15) is 90.3 Å². The van der Waals surface area contributed by atoms with E-state index in [1.165, 1.54) is 74.7 Å². The van der Waals surface area contributed by atoms with E-state index in [2.05, 4.69) is 78.4 Å². The molecule has 43 nitrogen and oxygen atoms in total. The monoisotopic (exact) mass is 1970 g/mol. The summed E-state index contributed by atoms with van der Waals surface area (Å²) in [6, 6.07) is 7.64. The third-order valence-corrected chi connectivity index (χ3v) is 26.5. The van der Waals surface area contributed by atoms with Crippen LogP contribution in [0.4, 0.5) is 0 Å². The van der Waals surface area contributed by atoms with E-state index in [-0.39, 0.29) is 115 Å². The van der Waals surface area contributed by atoms with Crippen LogP contribution in [0.1, 0.15) is 147 Å². The summed E-state index contributed by atoms with van der Waals surface area (Å²) in [4.78, 5) is 272. The molecule has 3 saturated heterocycles. The first-order valence-corrected chi connectivity index (χ1v) is 48.7. The van der Waals surface area contributed by atoms with Crippen LogP contribution in [-0.2, 0) is 107 Å². The van der Waals surface area contributed by atoms with Gasteiger partial charge in [-0.3, -0.25) is 86.9 Å². The van der Waals surface area contributed by atoms with E-state index in [9.17, 15) is 48.6 Å². The predicted molar refractivity (Wildman–Crippen MR) is 524 cm³/mol. The third kappa shape index (κ3) is 29.8. The number of carbonyl (C=O) groups is 17. The molecule has 0 radical (unpaired) electrons. The van der Waals surface area contributed by atoms with Gasteiger partial charge in [-0.05, 0) is 117 Å². The van der Waals surface area contributed by atoms with E-state index in [4.69, 9.17) is 22.6 Å². The number of unbranched alkanes of at least 4 members (excludes halogenated alkanes) is 2. The number of amides is 17. The summed E-state index contributed by atoms with van der Waals surface area (Å²) in [5, 5.41) is 60.4. The summed E-state index contributed by atoms with van der Waals surface area (Å²) in [5.41, 5.74) is 21.2. The summed E-state index contributed by atoms with van der Waals surface area (Å²) in [6.45, 7) is 6.62. The molecule has 3 fully saturated rings. The zero-order valence-corrected chi connectivity index (χ0v) is 81.4. The summed E-state index contributed by atoms with van der Waals surface area (Å²) in [7, 11) is 3.95. The van der Waals surface area contributed by atoms with Gasteiger partial charge in [0.05, 0.1) is 31.7 Å². The summed E-state index contributed by atoms with van der Waals surface area (Å²) in [5.74, 6) is -17.4. The number of rotatable bonds is 27. The minimum absolute atomic E-state index is 0.00243. The van der Waals surface area contributed by atoms with Gasteiger partial charge in [0.25, 0.3) is 0 Å². The van der Waals surface area contributed by atoms with Crippen molar-refractivity contribution in [3.05, 3.63) is 144 Å². The average Bonchev–Trinajstić information content (AvgIpc) is 1.62. The topological polar surface area (TPSA) is 641 Å². The molecular formula is C97H132N24O19S. The SMILES string of the molecule is CCCCC1C(=O)N(C)C(CCCC)C(=O)NC(CCCNC(=N)N)C(=O)NC(C(=O)NCC(N)=O)CSCC(=O)NC(Cc2ccc(O)cc2)C(=O)N(C)C(C)C(=O)NC(CC(N)=O)C(=O)N2CCCC2C(=O)NC(Cc2cnc[nH]2)C(=O)NC(CC(C)C)C(=O)N2CCCC2C(=O)NC(Cc2c[nH]c3ccccc23)C(=O)NC(CO)C(=O)NC(Cc2c(-c3ccccc3)[nH]c3ccccc23)C(=O)N1C. The highest BCUT2D eigenvalue weighted by atomic mass is 32.2.